The molecular weight excluding hydrogens is 198 g/mol. The van der Waals surface area contributed by atoms with Crippen molar-refractivity contribution in [2.45, 2.75) is 19.4 Å². The first kappa shape index (κ1) is 11.1. The predicted molar refractivity (Wildman–Crippen MR) is 66.4 cm³/mol. The highest BCUT2D eigenvalue weighted by molar-refractivity contribution is 5.71. The summed E-state index contributed by atoms with van der Waals surface area (Å²) in [6.45, 7) is 4.09. The Hall–Kier alpha value is -1.38. The lowest BCUT2D eigenvalue weighted by atomic mass is 9.76. The summed E-state index contributed by atoms with van der Waals surface area (Å²) >= 11 is 0. The van der Waals surface area contributed by atoms with E-state index in [0.29, 0.717) is 0 Å². The Morgan fingerprint density at radius 3 is 2.56 bits per heavy atom. The number of hydrogen-bond donors (Lipinski definition) is 1. The molecule has 1 aliphatic rings. The summed E-state index contributed by atoms with van der Waals surface area (Å²) in [5.41, 5.74) is 3.11. The van der Waals surface area contributed by atoms with Crippen molar-refractivity contribution in [2.24, 2.45) is 5.92 Å². The Morgan fingerprint density at radius 1 is 1.25 bits per heavy atom. The molecule has 0 fully saturated rings. The van der Waals surface area contributed by atoms with Gasteiger partial charge in [-0.2, -0.15) is 0 Å². The SMILES string of the molecule is CC1C(c2ccccc2)=CC=CC1(C)[NH2+][O-]. The molecule has 0 saturated carbocycles. The number of nitrogens with two attached hydrogens (primary N) is 1. The standard InChI is InChI=1S/C14H17NO/c1-11-13(12-7-4-3-5-8-12)9-6-10-14(11,2)15-16/h3-11H,15H2,1-2H3. The summed E-state index contributed by atoms with van der Waals surface area (Å²) in [6.07, 6.45) is 6.07. The molecule has 0 heterocycles. The van der Waals surface area contributed by atoms with Gasteiger partial charge in [-0.25, -0.2) is 0 Å². The van der Waals surface area contributed by atoms with Gasteiger partial charge in [-0.3, -0.25) is 0 Å². The van der Waals surface area contributed by atoms with E-state index in [9.17, 15) is 5.21 Å². The van der Waals surface area contributed by atoms with Crippen LogP contribution in [0.15, 0.2) is 48.6 Å². The topological polar surface area (TPSA) is 39.7 Å². The van der Waals surface area contributed by atoms with Crippen molar-refractivity contribution in [3.63, 3.8) is 0 Å². The summed E-state index contributed by atoms with van der Waals surface area (Å²) in [4.78, 5) is 0. The van der Waals surface area contributed by atoms with Gasteiger partial charge in [-0.15, -0.1) is 0 Å². The molecule has 0 saturated heterocycles. The second-order valence-corrected chi connectivity index (χ2v) is 4.55. The number of hydroxylamine groups is 1. The van der Waals surface area contributed by atoms with Crippen molar-refractivity contribution in [1.82, 2.24) is 0 Å². The summed E-state index contributed by atoms with van der Waals surface area (Å²) in [5, 5.41) is 11.2. The van der Waals surface area contributed by atoms with Crippen LogP contribution in [0.3, 0.4) is 0 Å². The summed E-state index contributed by atoms with van der Waals surface area (Å²) in [7, 11) is 0. The van der Waals surface area contributed by atoms with E-state index >= 15 is 0 Å². The predicted octanol–water partition coefficient (Wildman–Crippen LogP) is 2.10. The van der Waals surface area contributed by atoms with E-state index in [4.69, 9.17) is 0 Å². The van der Waals surface area contributed by atoms with Crippen LogP contribution in [0.2, 0.25) is 0 Å². The monoisotopic (exact) mass is 215 g/mol. The Bertz CT molecular complexity index is 422. The van der Waals surface area contributed by atoms with Gasteiger partial charge in [0.2, 0.25) is 0 Å². The van der Waals surface area contributed by atoms with E-state index < -0.39 is 0 Å². The first-order chi connectivity index (χ1) is 7.67. The van der Waals surface area contributed by atoms with Gasteiger partial charge in [0.15, 0.2) is 0 Å². The van der Waals surface area contributed by atoms with Crippen LogP contribution in [0.5, 0.6) is 0 Å². The van der Waals surface area contributed by atoms with Crippen LogP contribution in [-0.2, 0) is 0 Å². The maximum absolute atomic E-state index is 11.2. The number of hydrogen-bond acceptors (Lipinski definition) is 1. The molecule has 1 aromatic carbocycles. The quantitative estimate of drug-likeness (QED) is 0.754. The van der Waals surface area contributed by atoms with Gasteiger partial charge in [0.1, 0.15) is 5.54 Å². The van der Waals surface area contributed by atoms with Gasteiger partial charge in [0, 0.05) is 5.92 Å². The fourth-order valence-electron chi connectivity index (χ4n) is 2.10. The number of benzene rings is 1. The minimum Gasteiger partial charge on any atom is -0.635 e. The second kappa shape index (κ2) is 4.24. The van der Waals surface area contributed by atoms with Crippen molar-refractivity contribution < 1.29 is 5.48 Å². The van der Waals surface area contributed by atoms with E-state index in [0.717, 1.165) is 5.48 Å². The van der Waals surface area contributed by atoms with Crippen molar-refractivity contribution >= 4 is 5.57 Å². The normalized spacial score (nSPS) is 28.9. The van der Waals surface area contributed by atoms with Crippen LogP contribution >= 0.6 is 0 Å². The highest BCUT2D eigenvalue weighted by Crippen LogP contribution is 2.33. The summed E-state index contributed by atoms with van der Waals surface area (Å²) < 4.78 is 0. The summed E-state index contributed by atoms with van der Waals surface area (Å²) in [5.74, 6) is 0.220. The zero-order valence-electron chi connectivity index (χ0n) is 9.68. The average molecular weight is 215 g/mol. The highest BCUT2D eigenvalue weighted by Gasteiger charge is 2.34. The van der Waals surface area contributed by atoms with Crippen LogP contribution in [0.25, 0.3) is 5.57 Å². The molecule has 0 bridgehead atoms. The van der Waals surface area contributed by atoms with Crippen LogP contribution in [0.1, 0.15) is 19.4 Å². The molecular formula is C14H17NO. The molecule has 2 unspecified atom stereocenters. The average Bonchev–Trinajstić information content (AvgIpc) is 2.34. The van der Waals surface area contributed by atoms with E-state index in [1.165, 1.54) is 11.1 Å². The Balaban J connectivity index is 2.37. The van der Waals surface area contributed by atoms with Gasteiger partial charge in [0.25, 0.3) is 0 Å². The molecule has 2 nitrogen and oxygen atoms in total. The molecule has 0 aromatic heterocycles. The highest BCUT2D eigenvalue weighted by atomic mass is 16.5. The van der Waals surface area contributed by atoms with E-state index in [2.05, 4.69) is 25.1 Å². The molecule has 0 spiro atoms. The van der Waals surface area contributed by atoms with E-state index in [1.807, 2.05) is 37.3 Å². The fraction of sp³-hybridized carbons (Fsp3) is 0.286. The lowest BCUT2D eigenvalue weighted by molar-refractivity contribution is -0.659. The van der Waals surface area contributed by atoms with Gasteiger partial charge in [-0.1, -0.05) is 49.4 Å². The molecule has 2 atom stereocenters. The van der Waals surface area contributed by atoms with Gasteiger partial charge >= 0.3 is 0 Å². The van der Waals surface area contributed by atoms with Gasteiger partial charge in [-0.05, 0) is 24.1 Å². The van der Waals surface area contributed by atoms with Crippen LogP contribution in [0.4, 0.5) is 0 Å². The minimum atomic E-state index is -0.375. The molecule has 0 amide bonds. The third-order valence-electron chi connectivity index (χ3n) is 3.49. The Labute approximate surface area is 96.3 Å². The number of allylic oxidation sites excluding steroid dienone is 2. The van der Waals surface area contributed by atoms with Crippen LogP contribution < -0.4 is 5.48 Å². The lowest BCUT2D eigenvalue weighted by Gasteiger charge is -2.36. The fourth-order valence-corrected chi connectivity index (χ4v) is 2.10. The minimum absolute atomic E-state index is 0.220. The molecule has 2 rings (SSSR count). The number of rotatable bonds is 2. The van der Waals surface area contributed by atoms with E-state index in [-0.39, 0.29) is 11.5 Å². The van der Waals surface area contributed by atoms with Crippen LogP contribution in [0, 0.1) is 11.1 Å². The molecule has 0 aliphatic heterocycles. The largest absolute Gasteiger partial charge is 0.635 e. The van der Waals surface area contributed by atoms with Gasteiger partial charge in [0.05, 0.1) is 0 Å². The maximum Gasteiger partial charge on any atom is 0.118 e. The zero-order chi connectivity index (χ0) is 11.6. The molecule has 2 heteroatoms. The molecule has 16 heavy (non-hydrogen) atoms. The second-order valence-electron chi connectivity index (χ2n) is 4.55. The van der Waals surface area contributed by atoms with Crippen molar-refractivity contribution in [3.8, 4) is 0 Å². The molecule has 2 N–H and O–H groups in total. The van der Waals surface area contributed by atoms with Gasteiger partial charge < -0.3 is 10.7 Å². The first-order valence-corrected chi connectivity index (χ1v) is 5.58. The Kier molecular flexibility index (Phi) is 2.95. The van der Waals surface area contributed by atoms with Crippen molar-refractivity contribution in [3.05, 3.63) is 59.3 Å². The third-order valence-corrected chi connectivity index (χ3v) is 3.49. The summed E-state index contributed by atoms with van der Waals surface area (Å²) in [6, 6.07) is 10.2. The maximum atomic E-state index is 11.2. The first-order valence-electron chi connectivity index (χ1n) is 5.58. The lowest BCUT2D eigenvalue weighted by Crippen LogP contribution is -2.92. The smallest absolute Gasteiger partial charge is 0.118 e. The molecule has 0 radical (unpaired) electrons. The van der Waals surface area contributed by atoms with Crippen molar-refractivity contribution in [2.75, 3.05) is 0 Å². The van der Waals surface area contributed by atoms with Crippen LogP contribution in [-0.4, -0.2) is 5.54 Å². The van der Waals surface area contributed by atoms with E-state index in [1.54, 1.807) is 0 Å². The molecule has 1 aromatic rings. The molecule has 1 aliphatic carbocycles. The molecule has 84 valence electrons. The number of quaternary nitrogens is 1. The zero-order valence-corrected chi connectivity index (χ0v) is 9.68. The third kappa shape index (κ3) is 1.82. The van der Waals surface area contributed by atoms with Crippen molar-refractivity contribution in [1.29, 1.82) is 0 Å². The Morgan fingerprint density at radius 2 is 1.94 bits per heavy atom.